The van der Waals surface area contributed by atoms with Gasteiger partial charge in [-0.15, -0.1) is 0 Å². The number of anilines is 1. The number of benzene rings is 2. The Morgan fingerprint density at radius 2 is 2.04 bits per heavy atom. The van der Waals surface area contributed by atoms with Gasteiger partial charge in [-0.3, -0.25) is 4.79 Å². The van der Waals surface area contributed by atoms with Crippen LogP contribution >= 0.6 is 0 Å². The molecule has 1 saturated heterocycles. The average molecular weight is 381 g/mol. The van der Waals surface area contributed by atoms with Gasteiger partial charge in [0.1, 0.15) is 11.6 Å². The largest absolute Gasteiger partial charge is 0.494 e. The minimum atomic E-state index is -0.416. The molecule has 7 heteroatoms. The number of aryl methyl sites for hydroxylation is 1. The van der Waals surface area contributed by atoms with Crippen molar-refractivity contribution in [3.8, 4) is 17.1 Å². The fourth-order valence-electron chi connectivity index (χ4n) is 3.32. The Morgan fingerprint density at radius 3 is 2.79 bits per heavy atom. The van der Waals surface area contributed by atoms with E-state index in [-0.39, 0.29) is 18.2 Å². The van der Waals surface area contributed by atoms with Gasteiger partial charge in [0.05, 0.1) is 18.2 Å². The number of hydrogen-bond acceptors (Lipinski definition) is 5. The first-order valence-electron chi connectivity index (χ1n) is 9.18. The molecule has 1 aliphatic rings. The number of rotatable bonds is 5. The van der Waals surface area contributed by atoms with Crippen molar-refractivity contribution in [2.75, 3.05) is 18.1 Å². The minimum Gasteiger partial charge on any atom is -0.494 e. The molecular weight excluding hydrogens is 361 g/mol. The fourth-order valence-corrected chi connectivity index (χ4v) is 3.32. The maximum absolute atomic E-state index is 14.2. The molecule has 0 aliphatic carbocycles. The van der Waals surface area contributed by atoms with Gasteiger partial charge in [-0.2, -0.15) is 4.98 Å². The second-order valence-electron chi connectivity index (χ2n) is 6.77. The fraction of sp³-hybridized carbons (Fsp3) is 0.286. The van der Waals surface area contributed by atoms with E-state index in [2.05, 4.69) is 10.1 Å². The van der Waals surface area contributed by atoms with Crippen LogP contribution in [-0.2, 0) is 4.79 Å². The van der Waals surface area contributed by atoms with Gasteiger partial charge in [0.15, 0.2) is 0 Å². The Kier molecular flexibility index (Phi) is 4.81. The average Bonchev–Trinajstić information content (AvgIpc) is 3.32. The summed E-state index contributed by atoms with van der Waals surface area (Å²) < 4.78 is 25.0. The predicted molar refractivity (Wildman–Crippen MR) is 102 cm³/mol. The second kappa shape index (κ2) is 7.42. The van der Waals surface area contributed by atoms with Crippen LogP contribution in [0, 0.1) is 12.7 Å². The number of carbonyl (C=O) groups is 1. The van der Waals surface area contributed by atoms with Gasteiger partial charge in [-0.25, -0.2) is 4.39 Å². The van der Waals surface area contributed by atoms with Crippen molar-refractivity contribution in [3.63, 3.8) is 0 Å². The van der Waals surface area contributed by atoms with E-state index in [9.17, 15) is 9.18 Å². The monoisotopic (exact) mass is 381 g/mol. The zero-order chi connectivity index (χ0) is 19.7. The zero-order valence-corrected chi connectivity index (χ0v) is 15.7. The van der Waals surface area contributed by atoms with Crippen LogP contribution in [0.4, 0.5) is 10.1 Å². The molecule has 1 aliphatic heterocycles. The summed E-state index contributed by atoms with van der Waals surface area (Å²) in [5, 5.41) is 4.03. The van der Waals surface area contributed by atoms with Crippen LogP contribution in [0.25, 0.3) is 11.4 Å². The van der Waals surface area contributed by atoms with E-state index in [0.29, 0.717) is 30.6 Å². The van der Waals surface area contributed by atoms with Crippen molar-refractivity contribution in [2.45, 2.75) is 26.2 Å². The van der Waals surface area contributed by atoms with Gasteiger partial charge in [0.2, 0.25) is 17.6 Å². The molecule has 3 aromatic rings. The van der Waals surface area contributed by atoms with Crippen LogP contribution in [0.5, 0.6) is 5.75 Å². The van der Waals surface area contributed by atoms with E-state index < -0.39 is 5.82 Å². The smallest absolute Gasteiger partial charge is 0.232 e. The molecule has 0 radical (unpaired) electrons. The molecule has 4 rings (SSSR count). The number of nitrogens with zero attached hydrogens (tertiary/aromatic N) is 3. The molecule has 0 N–H and O–H groups in total. The Balaban J connectivity index is 1.53. The van der Waals surface area contributed by atoms with E-state index >= 15 is 0 Å². The maximum Gasteiger partial charge on any atom is 0.232 e. The normalized spacial score (nSPS) is 16.6. The highest BCUT2D eigenvalue weighted by molar-refractivity contribution is 5.96. The van der Waals surface area contributed by atoms with Crippen molar-refractivity contribution >= 4 is 11.6 Å². The molecule has 0 bridgehead atoms. The van der Waals surface area contributed by atoms with E-state index in [1.165, 1.54) is 11.0 Å². The standard InChI is InChI=1S/C21H20FN3O3/c1-3-27-16-7-5-14(6-8-16)20-23-21(28-24-20)15-11-19(26)25(12-15)18-10-13(2)4-9-17(18)22/h4-10,15H,3,11-12H2,1-2H3. The molecule has 144 valence electrons. The Hall–Kier alpha value is -3.22. The Labute approximate surface area is 161 Å². The third-order valence-electron chi connectivity index (χ3n) is 4.73. The first kappa shape index (κ1) is 18.2. The highest BCUT2D eigenvalue weighted by atomic mass is 19.1. The number of ether oxygens (including phenoxy) is 1. The highest BCUT2D eigenvalue weighted by Crippen LogP contribution is 2.33. The van der Waals surface area contributed by atoms with E-state index in [0.717, 1.165) is 16.9 Å². The molecule has 1 amide bonds. The molecule has 0 spiro atoms. The summed E-state index contributed by atoms with van der Waals surface area (Å²) in [6, 6.07) is 12.1. The van der Waals surface area contributed by atoms with Gasteiger partial charge < -0.3 is 14.2 Å². The third kappa shape index (κ3) is 3.47. The second-order valence-corrected chi connectivity index (χ2v) is 6.77. The number of carbonyl (C=O) groups excluding carboxylic acids is 1. The SMILES string of the molecule is CCOc1ccc(-c2noc(C3CC(=O)N(c4cc(C)ccc4F)C3)n2)cc1. The van der Waals surface area contributed by atoms with Gasteiger partial charge in [-0.1, -0.05) is 11.2 Å². The maximum atomic E-state index is 14.2. The summed E-state index contributed by atoms with van der Waals surface area (Å²) in [6.45, 7) is 4.69. The van der Waals surface area contributed by atoms with Crippen LogP contribution in [0.2, 0.25) is 0 Å². The summed E-state index contributed by atoms with van der Waals surface area (Å²) in [5.74, 6) is 0.762. The van der Waals surface area contributed by atoms with Crippen LogP contribution in [0.15, 0.2) is 47.0 Å². The Bertz CT molecular complexity index is 1000. The van der Waals surface area contributed by atoms with Crippen molar-refractivity contribution in [2.24, 2.45) is 0 Å². The molecular formula is C21H20FN3O3. The third-order valence-corrected chi connectivity index (χ3v) is 4.73. The number of hydrogen-bond donors (Lipinski definition) is 0. The summed E-state index contributed by atoms with van der Waals surface area (Å²) in [5.41, 5.74) is 1.98. The quantitative estimate of drug-likeness (QED) is 0.665. The van der Waals surface area contributed by atoms with Crippen molar-refractivity contribution in [1.82, 2.24) is 10.1 Å². The molecule has 2 aromatic carbocycles. The Morgan fingerprint density at radius 1 is 1.25 bits per heavy atom. The first-order valence-corrected chi connectivity index (χ1v) is 9.18. The molecule has 1 atom stereocenters. The molecule has 2 heterocycles. The van der Waals surface area contributed by atoms with Gasteiger partial charge >= 0.3 is 0 Å². The summed E-state index contributed by atoms with van der Waals surface area (Å²) in [4.78, 5) is 18.4. The lowest BCUT2D eigenvalue weighted by Crippen LogP contribution is -2.25. The highest BCUT2D eigenvalue weighted by Gasteiger charge is 2.36. The van der Waals surface area contributed by atoms with E-state index in [1.807, 2.05) is 38.1 Å². The van der Waals surface area contributed by atoms with Crippen LogP contribution in [0.3, 0.4) is 0 Å². The van der Waals surface area contributed by atoms with Crippen molar-refractivity contribution in [3.05, 3.63) is 59.7 Å². The van der Waals surface area contributed by atoms with Crippen molar-refractivity contribution in [1.29, 1.82) is 0 Å². The minimum absolute atomic E-state index is 0.157. The number of amides is 1. The van der Waals surface area contributed by atoms with E-state index in [4.69, 9.17) is 9.26 Å². The van der Waals surface area contributed by atoms with Gasteiger partial charge in [0, 0.05) is 18.5 Å². The van der Waals surface area contributed by atoms with E-state index in [1.54, 1.807) is 12.1 Å². The molecule has 6 nitrogen and oxygen atoms in total. The number of aromatic nitrogens is 2. The predicted octanol–water partition coefficient (Wildman–Crippen LogP) is 4.10. The molecule has 28 heavy (non-hydrogen) atoms. The summed E-state index contributed by atoms with van der Waals surface area (Å²) in [7, 11) is 0. The topological polar surface area (TPSA) is 68.5 Å². The lowest BCUT2D eigenvalue weighted by atomic mass is 10.1. The summed E-state index contributed by atoms with van der Waals surface area (Å²) in [6.07, 6.45) is 0.207. The molecule has 1 fully saturated rings. The first-order chi connectivity index (χ1) is 13.5. The van der Waals surface area contributed by atoms with Crippen molar-refractivity contribution < 1.29 is 18.4 Å². The molecule has 1 unspecified atom stereocenters. The summed E-state index contributed by atoms with van der Waals surface area (Å²) >= 11 is 0. The van der Waals surface area contributed by atoms with Gasteiger partial charge in [-0.05, 0) is 55.8 Å². The lowest BCUT2D eigenvalue weighted by Gasteiger charge is -2.17. The van der Waals surface area contributed by atoms with Crippen LogP contribution < -0.4 is 9.64 Å². The zero-order valence-electron chi connectivity index (χ0n) is 15.7. The molecule has 0 saturated carbocycles. The van der Waals surface area contributed by atoms with Crippen LogP contribution in [0.1, 0.15) is 30.7 Å². The van der Waals surface area contributed by atoms with Gasteiger partial charge in [0.25, 0.3) is 0 Å². The number of halogens is 1. The molecule has 1 aromatic heterocycles. The van der Waals surface area contributed by atoms with Crippen LogP contribution in [-0.4, -0.2) is 29.2 Å². The lowest BCUT2D eigenvalue weighted by molar-refractivity contribution is -0.117.